The second kappa shape index (κ2) is 13.6. The van der Waals surface area contributed by atoms with Crippen LogP contribution in [0.1, 0.15) is 37.3 Å². The zero-order chi connectivity index (χ0) is 23.3. The topological polar surface area (TPSA) is 97.6 Å². The standard InChI is InChI=1S/C24H30ClNO6/c1-3-5-19(16-27)24(26-29)18-6-4-7-21(15-18)32-23(12-13-25)31-20-10-8-17(9-11-20)14-22(28)30-2/h4,6-11,15,19,23,27,29H,3,5,12-14,16H2,1-2H3/b26-24-. The van der Waals surface area contributed by atoms with Crippen LogP contribution in [0.25, 0.3) is 0 Å². The van der Waals surface area contributed by atoms with E-state index in [1.807, 2.05) is 6.92 Å². The highest BCUT2D eigenvalue weighted by molar-refractivity contribution is 6.17. The van der Waals surface area contributed by atoms with Crippen LogP contribution < -0.4 is 9.47 Å². The molecule has 0 saturated carbocycles. The fourth-order valence-electron chi connectivity index (χ4n) is 3.23. The Hall–Kier alpha value is -2.77. The minimum absolute atomic E-state index is 0.109. The summed E-state index contributed by atoms with van der Waals surface area (Å²) in [4.78, 5) is 11.4. The van der Waals surface area contributed by atoms with Gasteiger partial charge in [-0.15, -0.1) is 11.6 Å². The van der Waals surface area contributed by atoms with Crippen molar-refractivity contribution in [2.45, 2.75) is 38.9 Å². The Labute approximate surface area is 193 Å². The number of esters is 1. The Morgan fingerprint density at radius 2 is 1.81 bits per heavy atom. The highest BCUT2D eigenvalue weighted by Gasteiger charge is 2.19. The molecule has 0 radical (unpaired) electrons. The maximum Gasteiger partial charge on any atom is 0.309 e. The third-order valence-electron chi connectivity index (χ3n) is 4.86. The lowest BCUT2D eigenvalue weighted by Gasteiger charge is -2.21. The van der Waals surface area contributed by atoms with Gasteiger partial charge in [-0.2, -0.15) is 0 Å². The number of halogens is 1. The van der Waals surface area contributed by atoms with Crippen molar-refractivity contribution < 1.29 is 29.3 Å². The Kier molecular flexibility index (Phi) is 10.8. The molecule has 32 heavy (non-hydrogen) atoms. The van der Waals surface area contributed by atoms with Crippen LogP contribution in [0.15, 0.2) is 53.7 Å². The van der Waals surface area contributed by atoms with E-state index in [0.717, 1.165) is 12.0 Å². The molecule has 0 spiro atoms. The summed E-state index contributed by atoms with van der Waals surface area (Å²) in [5.41, 5.74) is 1.89. The minimum Gasteiger partial charge on any atom is -0.469 e. The van der Waals surface area contributed by atoms with E-state index in [-0.39, 0.29) is 24.9 Å². The Morgan fingerprint density at radius 3 is 2.41 bits per heavy atom. The van der Waals surface area contributed by atoms with E-state index >= 15 is 0 Å². The van der Waals surface area contributed by atoms with Crippen LogP contribution in [-0.4, -0.2) is 47.9 Å². The maximum absolute atomic E-state index is 11.4. The number of oxime groups is 1. The van der Waals surface area contributed by atoms with Crippen LogP contribution in [-0.2, 0) is 16.0 Å². The van der Waals surface area contributed by atoms with E-state index in [1.165, 1.54) is 7.11 Å². The predicted molar refractivity (Wildman–Crippen MR) is 123 cm³/mol. The number of aliphatic hydroxyl groups is 1. The van der Waals surface area contributed by atoms with Gasteiger partial charge in [0.25, 0.3) is 0 Å². The van der Waals surface area contributed by atoms with Gasteiger partial charge in [0.2, 0.25) is 6.29 Å². The summed E-state index contributed by atoms with van der Waals surface area (Å²) in [5, 5.41) is 22.6. The number of hydrogen-bond acceptors (Lipinski definition) is 7. The first-order chi connectivity index (χ1) is 15.5. The average Bonchev–Trinajstić information content (AvgIpc) is 2.80. The molecular formula is C24H30ClNO6. The predicted octanol–water partition coefficient (Wildman–Crippen LogP) is 4.40. The minimum atomic E-state index is -0.645. The largest absolute Gasteiger partial charge is 0.469 e. The van der Waals surface area contributed by atoms with E-state index in [2.05, 4.69) is 9.89 Å². The van der Waals surface area contributed by atoms with Crippen molar-refractivity contribution in [3.63, 3.8) is 0 Å². The number of methoxy groups -OCH3 is 1. The average molecular weight is 464 g/mol. The van der Waals surface area contributed by atoms with Crippen molar-refractivity contribution in [1.29, 1.82) is 0 Å². The first kappa shape index (κ1) is 25.5. The van der Waals surface area contributed by atoms with Crippen molar-refractivity contribution in [3.8, 4) is 11.5 Å². The second-order valence-corrected chi connectivity index (χ2v) is 7.60. The maximum atomic E-state index is 11.4. The number of rotatable bonds is 13. The van der Waals surface area contributed by atoms with Crippen LogP contribution in [0, 0.1) is 5.92 Å². The summed E-state index contributed by atoms with van der Waals surface area (Å²) >= 11 is 5.94. The molecule has 174 valence electrons. The van der Waals surface area contributed by atoms with Gasteiger partial charge in [-0.05, 0) is 36.2 Å². The van der Waals surface area contributed by atoms with Gasteiger partial charge >= 0.3 is 5.97 Å². The molecule has 0 fully saturated rings. The number of nitrogens with zero attached hydrogens (tertiary/aromatic N) is 1. The molecule has 2 atom stereocenters. The summed E-state index contributed by atoms with van der Waals surface area (Å²) in [6.07, 6.45) is 1.53. The number of carbonyl (C=O) groups excluding carboxylic acids is 1. The molecule has 0 saturated heterocycles. The molecule has 2 aromatic rings. The third-order valence-corrected chi connectivity index (χ3v) is 5.08. The highest BCUT2D eigenvalue weighted by Crippen LogP contribution is 2.23. The summed E-state index contributed by atoms with van der Waals surface area (Å²) < 4.78 is 16.6. The summed E-state index contributed by atoms with van der Waals surface area (Å²) in [5.74, 6) is 0.853. The fourth-order valence-corrected chi connectivity index (χ4v) is 3.40. The Morgan fingerprint density at radius 1 is 1.09 bits per heavy atom. The van der Waals surface area contributed by atoms with E-state index in [1.54, 1.807) is 48.5 Å². The molecule has 0 aliphatic rings. The summed E-state index contributed by atoms with van der Waals surface area (Å²) in [6.45, 7) is 1.90. The number of ether oxygens (including phenoxy) is 3. The van der Waals surface area contributed by atoms with Crippen LogP contribution in [0.4, 0.5) is 0 Å². The van der Waals surface area contributed by atoms with Crippen molar-refractivity contribution in [1.82, 2.24) is 0 Å². The van der Waals surface area contributed by atoms with Crippen LogP contribution in [0.2, 0.25) is 0 Å². The number of carbonyl (C=O) groups is 1. The van der Waals surface area contributed by atoms with Crippen LogP contribution in [0.5, 0.6) is 11.5 Å². The first-order valence-corrected chi connectivity index (χ1v) is 11.1. The SMILES string of the molecule is CCCC(CO)/C(=N\O)c1cccc(OC(CCCl)Oc2ccc(CC(=O)OC)cc2)c1. The van der Waals surface area contributed by atoms with Gasteiger partial charge in [0.05, 0.1) is 25.8 Å². The molecule has 0 aliphatic carbocycles. The highest BCUT2D eigenvalue weighted by atomic mass is 35.5. The van der Waals surface area contributed by atoms with Gasteiger partial charge in [0.1, 0.15) is 11.5 Å². The lowest BCUT2D eigenvalue weighted by molar-refractivity contribution is -0.139. The zero-order valence-corrected chi connectivity index (χ0v) is 19.1. The van der Waals surface area contributed by atoms with Gasteiger partial charge < -0.3 is 24.5 Å². The van der Waals surface area contributed by atoms with E-state index in [0.29, 0.717) is 41.5 Å². The van der Waals surface area contributed by atoms with Gasteiger partial charge in [-0.3, -0.25) is 4.79 Å². The summed E-state index contributed by atoms with van der Waals surface area (Å²) in [6, 6.07) is 14.2. The summed E-state index contributed by atoms with van der Waals surface area (Å²) in [7, 11) is 1.35. The number of hydrogen-bond donors (Lipinski definition) is 2. The monoisotopic (exact) mass is 463 g/mol. The van der Waals surface area contributed by atoms with Crippen molar-refractivity contribution in [3.05, 3.63) is 59.7 Å². The molecule has 0 aromatic heterocycles. The van der Waals surface area contributed by atoms with Crippen molar-refractivity contribution in [2.75, 3.05) is 19.6 Å². The molecule has 7 nitrogen and oxygen atoms in total. The molecular weight excluding hydrogens is 434 g/mol. The molecule has 0 aliphatic heterocycles. The molecule has 0 bridgehead atoms. The van der Waals surface area contributed by atoms with Crippen LogP contribution in [0.3, 0.4) is 0 Å². The molecule has 2 rings (SSSR count). The molecule has 2 aromatic carbocycles. The molecule has 2 unspecified atom stereocenters. The fraction of sp³-hybridized carbons (Fsp3) is 0.417. The smallest absolute Gasteiger partial charge is 0.309 e. The molecule has 0 amide bonds. The number of aliphatic hydroxyl groups excluding tert-OH is 1. The third kappa shape index (κ3) is 7.73. The van der Waals surface area contributed by atoms with Gasteiger partial charge in [-0.1, -0.05) is 42.8 Å². The van der Waals surface area contributed by atoms with Crippen molar-refractivity contribution in [2.24, 2.45) is 11.1 Å². The van der Waals surface area contributed by atoms with Crippen LogP contribution >= 0.6 is 11.6 Å². The normalized spacial score (nSPS) is 13.3. The molecule has 2 N–H and O–H groups in total. The second-order valence-electron chi connectivity index (χ2n) is 7.22. The van der Waals surface area contributed by atoms with E-state index < -0.39 is 6.29 Å². The van der Waals surface area contributed by atoms with Gasteiger partial charge in [-0.25, -0.2) is 0 Å². The zero-order valence-electron chi connectivity index (χ0n) is 18.4. The van der Waals surface area contributed by atoms with Gasteiger partial charge in [0.15, 0.2) is 0 Å². The van der Waals surface area contributed by atoms with Gasteiger partial charge in [0, 0.05) is 23.8 Å². The molecule has 8 heteroatoms. The quantitative estimate of drug-likeness (QED) is 0.114. The Bertz CT molecular complexity index is 871. The number of benzene rings is 2. The number of alkyl halides is 1. The van der Waals surface area contributed by atoms with Crippen molar-refractivity contribution >= 4 is 23.3 Å². The Balaban J connectivity index is 2.12. The van der Waals surface area contributed by atoms with E-state index in [9.17, 15) is 15.1 Å². The van der Waals surface area contributed by atoms with E-state index in [4.69, 9.17) is 21.1 Å². The lowest BCUT2D eigenvalue weighted by atomic mass is 9.93. The lowest BCUT2D eigenvalue weighted by Crippen LogP contribution is -2.25. The molecule has 0 heterocycles. The first-order valence-electron chi connectivity index (χ1n) is 10.5.